The number of hydrogen-bond acceptors (Lipinski definition) is 2. The van der Waals surface area contributed by atoms with Crippen LogP contribution < -0.4 is 10.1 Å². The van der Waals surface area contributed by atoms with Crippen LogP contribution in [0, 0.1) is 0 Å². The average molecular weight is 378 g/mol. The van der Waals surface area contributed by atoms with Gasteiger partial charge < -0.3 is 10.1 Å². The van der Waals surface area contributed by atoms with Crippen LogP contribution in [0.25, 0.3) is 11.6 Å². The van der Waals surface area contributed by atoms with Crippen LogP contribution in [0.4, 0.5) is 5.69 Å². The van der Waals surface area contributed by atoms with E-state index in [9.17, 15) is 4.79 Å². The Morgan fingerprint density at radius 3 is 2.30 bits per heavy atom. The van der Waals surface area contributed by atoms with Crippen LogP contribution in [-0.2, 0) is 4.79 Å². The number of carbonyl (C=O) groups is 1. The molecule has 1 amide bonds. The second-order valence-electron chi connectivity index (χ2n) is 5.86. The number of nitrogens with one attached hydrogen (secondary N) is 1. The summed E-state index contributed by atoms with van der Waals surface area (Å²) in [6, 6.07) is 24.3. The van der Waals surface area contributed by atoms with Crippen LogP contribution in [0.2, 0.25) is 5.02 Å². The summed E-state index contributed by atoms with van der Waals surface area (Å²) >= 11 is 6.28. The van der Waals surface area contributed by atoms with Crippen LogP contribution in [0.3, 0.4) is 0 Å². The minimum Gasteiger partial charge on any atom is -0.494 e. The van der Waals surface area contributed by atoms with E-state index in [1.54, 1.807) is 6.07 Å². The third-order valence-corrected chi connectivity index (χ3v) is 4.30. The zero-order chi connectivity index (χ0) is 19.1. The van der Waals surface area contributed by atoms with Gasteiger partial charge in [-0.2, -0.15) is 0 Å². The molecule has 0 bridgehead atoms. The average Bonchev–Trinajstić information content (AvgIpc) is 2.69. The van der Waals surface area contributed by atoms with E-state index < -0.39 is 0 Å². The third kappa shape index (κ3) is 4.99. The third-order valence-electron chi connectivity index (χ3n) is 3.96. The molecule has 3 nitrogen and oxygen atoms in total. The first kappa shape index (κ1) is 18.7. The molecule has 0 spiro atoms. The van der Waals surface area contributed by atoms with Crippen LogP contribution in [0.5, 0.6) is 5.75 Å². The van der Waals surface area contributed by atoms with E-state index >= 15 is 0 Å². The van der Waals surface area contributed by atoms with Gasteiger partial charge >= 0.3 is 0 Å². The summed E-state index contributed by atoms with van der Waals surface area (Å²) in [5, 5.41) is 3.54. The Balaban J connectivity index is 1.91. The molecule has 0 aliphatic heterocycles. The molecule has 0 radical (unpaired) electrons. The van der Waals surface area contributed by atoms with Gasteiger partial charge in [-0.15, -0.1) is 0 Å². The van der Waals surface area contributed by atoms with Crippen molar-refractivity contribution < 1.29 is 9.53 Å². The number of ether oxygens (including phenoxy) is 1. The lowest BCUT2D eigenvalue weighted by atomic mass is 10.0. The summed E-state index contributed by atoms with van der Waals surface area (Å²) in [5.74, 6) is 0.565. The Labute approximate surface area is 164 Å². The highest BCUT2D eigenvalue weighted by atomic mass is 35.5. The monoisotopic (exact) mass is 377 g/mol. The highest BCUT2D eigenvalue weighted by Crippen LogP contribution is 2.25. The van der Waals surface area contributed by atoms with E-state index in [1.807, 2.05) is 85.8 Å². The van der Waals surface area contributed by atoms with Crippen molar-refractivity contribution in [2.75, 3.05) is 11.9 Å². The molecule has 3 aromatic carbocycles. The number of rotatable bonds is 6. The van der Waals surface area contributed by atoms with Gasteiger partial charge in [-0.05, 0) is 54.5 Å². The molecule has 0 saturated heterocycles. The molecule has 0 unspecified atom stereocenters. The highest BCUT2D eigenvalue weighted by Gasteiger charge is 2.13. The normalized spacial score (nSPS) is 11.1. The standard InChI is InChI=1S/C23H20ClNO2/c1-2-27-20-14-12-19(13-15-20)25-23(26)21(17-8-4-3-5-9-17)16-18-10-6-7-11-22(18)24/h3-16H,2H2,1H3,(H,25,26)/b21-16+. The van der Waals surface area contributed by atoms with Crippen molar-refractivity contribution in [1.29, 1.82) is 0 Å². The molecule has 0 fully saturated rings. The lowest BCUT2D eigenvalue weighted by Gasteiger charge is -2.11. The number of amides is 1. The molecule has 0 aliphatic carbocycles. The summed E-state index contributed by atoms with van der Waals surface area (Å²) in [5.41, 5.74) is 2.85. The summed E-state index contributed by atoms with van der Waals surface area (Å²) < 4.78 is 5.44. The summed E-state index contributed by atoms with van der Waals surface area (Å²) in [6.45, 7) is 2.53. The SMILES string of the molecule is CCOc1ccc(NC(=O)/C(=C/c2ccccc2Cl)c2ccccc2)cc1. The van der Waals surface area contributed by atoms with Crippen molar-refractivity contribution >= 4 is 34.8 Å². The van der Waals surface area contributed by atoms with E-state index in [2.05, 4.69) is 5.32 Å². The van der Waals surface area contributed by atoms with Gasteiger partial charge in [0.05, 0.1) is 6.61 Å². The Morgan fingerprint density at radius 1 is 0.963 bits per heavy atom. The van der Waals surface area contributed by atoms with E-state index in [0.717, 1.165) is 16.9 Å². The van der Waals surface area contributed by atoms with E-state index in [1.165, 1.54) is 0 Å². The Hall–Kier alpha value is -3.04. The summed E-state index contributed by atoms with van der Waals surface area (Å²) in [6.07, 6.45) is 1.81. The fraction of sp³-hybridized carbons (Fsp3) is 0.0870. The maximum Gasteiger partial charge on any atom is 0.256 e. The first-order valence-electron chi connectivity index (χ1n) is 8.73. The fourth-order valence-corrected chi connectivity index (χ4v) is 2.84. The lowest BCUT2D eigenvalue weighted by molar-refractivity contribution is -0.111. The molecule has 4 heteroatoms. The molecule has 0 atom stereocenters. The number of hydrogen-bond donors (Lipinski definition) is 1. The van der Waals surface area contributed by atoms with Crippen LogP contribution in [0.15, 0.2) is 78.9 Å². The van der Waals surface area contributed by atoms with Crippen molar-refractivity contribution in [3.63, 3.8) is 0 Å². The quantitative estimate of drug-likeness (QED) is 0.428. The van der Waals surface area contributed by atoms with E-state index in [4.69, 9.17) is 16.3 Å². The zero-order valence-electron chi connectivity index (χ0n) is 15.0. The van der Waals surface area contributed by atoms with Crippen molar-refractivity contribution in [3.8, 4) is 5.75 Å². The number of anilines is 1. The predicted molar refractivity (Wildman–Crippen MR) is 112 cm³/mol. The first-order valence-corrected chi connectivity index (χ1v) is 9.11. The van der Waals surface area contributed by atoms with Gasteiger partial charge in [0.15, 0.2) is 0 Å². The molecule has 27 heavy (non-hydrogen) atoms. The molecule has 3 rings (SSSR count). The van der Waals surface area contributed by atoms with Crippen LogP contribution >= 0.6 is 11.6 Å². The fourth-order valence-electron chi connectivity index (χ4n) is 2.64. The first-order chi connectivity index (χ1) is 13.2. The Morgan fingerprint density at radius 2 is 1.63 bits per heavy atom. The molecular weight excluding hydrogens is 358 g/mol. The molecular formula is C23H20ClNO2. The number of benzene rings is 3. The topological polar surface area (TPSA) is 38.3 Å². The molecule has 136 valence electrons. The van der Waals surface area contributed by atoms with Crippen molar-refractivity contribution in [1.82, 2.24) is 0 Å². The van der Waals surface area contributed by atoms with E-state index in [0.29, 0.717) is 22.9 Å². The molecule has 0 aromatic heterocycles. The van der Waals surface area contributed by atoms with Gasteiger partial charge in [0.1, 0.15) is 5.75 Å². The van der Waals surface area contributed by atoms with Crippen molar-refractivity contribution in [2.24, 2.45) is 0 Å². The summed E-state index contributed by atoms with van der Waals surface area (Å²) in [7, 11) is 0. The zero-order valence-corrected chi connectivity index (χ0v) is 15.7. The van der Waals surface area contributed by atoms with Gasteiger partial charge in [-0.1, -0.05) is 60.1 Å². The lowest BCUT2D eigenvalue weighted by Crippen LogP contribution is -2.13. The van der Waals surface area contributed by atoms with Crippen LogP contribution in [-0.4, -0.2) is 12.5 Å². The number of halogens is 1. The van der Waals surface area contributed by atoms with Crippen LogP contribution in [0.1, 0.15) is 18.1 Å². The van der Waals surface area contributed by atoms with Gasteiger partial charge in [0, 0.05) is 16.3 Å². The second kappa shape index (κ2) is 9.06. The maximum atomic E-state index is 13.0. The highest BCUT2D eigenvalue weighted by molar-refractivity contribution is 6.34. The number of carbonyl (C=O) groups excluding carboxylic acids is 1. The minimum atomic E-state index is -0.203. The van der Waals surface area contributed by atoms with Gasteiger partial charge in [0.2, 0.25) is 0 Å². The maximum absolute atomic E-state index is 13.0. The largest absolute Gasteiger partial charge is 0.494 e. The smallest absolute Gasteiger partial charge is 0.256 e. The summed E-state index contributed by atoms with van der Waals surface area (Å²) in [4.78, 5) is 13.0. The predicted octanol–water partition coefficient (Wildman–Crippen LogP) is 5.92. The molecule has 1 N–H and O–H groups in total. The van der Waals surface area contributed by atoms with Crippen molar-refractivity contribution in [3.05, 3.63) is 95.0 Å². The Bertz CT molecular complexity index is 934. The molecule has 3 aromatic rings. The Kier molecular flexibility index (Phi) is 6.29. The van der Waals surface area contributed by atoms with Gasteiger partial charge in [-0.3, -0.25) is 4.79 Å². The minimum absolute atomic E-state index is 0.203. The van der Waals surface area contributed by atoms with E-state index in [-0.39, 0.29) is 5.91 Å². The second-order valence-corrected chi connectivity index (χ2v) is 6.26. The molecule has 0 aliphatic rings. The van der Waals surface area contributed by atoms with Gasteiger partial charge in [-0.25, -0.2) is 0 Å². The molecule has 0 saturated carbocycles. The molecule has 0 heterocycles. The van der Waals surface area contributed by atoms with Gasteiger partial charge in [0.25, 0.3) is 5.91 Å². The van der Waals surface area contributed by atoms with Crippen molar-refractivity contribution in [2.45, 2.75) is 6.92 Å².